The van der Waals surface area contributed by atoms with Gasteiger partial charge >= 0.3 is 0 Å². The lowest BCUT2D eigenvalue weighted by Crippen LogP contribution is -2.36. The van der Waals surface area contributed by atoms with Gasteiger partial charge in [0.15, 0.2) is 5.69 Å². The number of rotatable bonds is 4. The van der Waals surface area contributed by atoms with Crippen LogP contribution in [0.5, 0.6) is 0 Å². The van der Waals surface area contributed by atoms with Gasteiger partial charge in [-0.25, -0.2) is 4.85 Å². The summed E-state index contributed by atoms with van der Waals surface area (Å²) >= 11 is 0. The highest BCUT2D eigenvalue weighted by Crippen LogP contribution is 2.46. The normalized spacial score (nSPS) is 11.5. The first-order valence-electron chi connectivity index (χ1n) is 12.6. The molecule has 0 saturated carbocycles. The van der Waals surface area contributed by atoms with Gasteiger partial charge in [0.05, 0.1) is 12.1 Å². The van der Waals surface area contributed by atoms with Crippen molar-refractivity contribution in [3.63, 3.8) is 0 Å². The highest BCUT2D eigenvalue weighted by atomic mass is 16.3. The molecule has 3 heteroatoms. The summed E-state index contributed by atoms with van der Waals surface area (Å²) in [5.41, 5.74) is 12.7. The van der Waals surface area contributed by atoms with Crippen molar-refractivity contribution in [2.75, 3.05) is 0 Å². The topological polar surface area (TPSA) is 21.4 Å². The third kappa shape index (κ3) is 3.69. The van der Waals surface area contributed by atoms with Crippen LogP contribution >= 0.6 is 0 Å². The van der Waals surface area contributed by atoms with E-state index in [2.05, 4.69) is 87.5 Å². The number of hydrogen-bond donors (Lipinski definition) is 0. The van der Waals surface area contributed by atoms with Crippen LogP contribution in [0.3, 0.4) is 0 Å². The number of aromatic nitrogens is 1. The van der Waals surface area contributed by atoms with Crippen molar-refractivity contribution in [1.29, 1.82) is 0 Å². The SMILES string of the molecule is [C-]#[N+]c1c(C)cc2c(oc3c(-c4cc(CC(C)C)c(C)c(C)[n+]4C)c(C)ccc32)c1-c1ccccc1. The third-order valence-corrected chi connectivity index (χ3v) is 7.56. The first kappa shape index (κ1) is 23.8. The molecule has 0 radical (unpaired) electrons. The Morgan fingerprint density at radius 1 is 0.861 bits per heavy atom. The summed E-state index contributed by atoms with van der Waals surface area (Å²) in [4.78, 5) is 3.93. The van der Waals surface area contributed by atoms with Gasteiger partial charge in [0.2, 0.25) is 11.4 Å². The smallest absolute Gasteiger partial charge is 0.216 e. The average molecular weight is 474 g/mol. The Kier molecular flexibility index (Phi) is 5.92. The minimum Gasteiger partial charge on any atom is -0.456 e. The van der Waals surface area contributed by atoms with Crippen LogP contribution in [0.4, 0.5) is 5.69 Å². The van der Waals surface area contributed by atoms with E-state index in [0.717, 1.165) is 50.6 Å². The zero-order valence-electron chi connectivity index (χ0n) is 22.3. The van der Waals surface area contributed by atoms with Crippen molar-refractivity contribution in [3.05, 3.63) is 94.0 Å². The van der Waals surface area contributed by atoms with Gasteiger partial charge in [0.25, 0.3) is 0 Å². The molecule has 0 aliphatic heterocycles. The predicted octanol–water partition coefficient (Wildman–Crippen LogP) is 8.73. The zero-order chi connectivity index (χ0) is 25.7. The van der Waals surface area contributed by atoms with E-state index in [0.29, 0.717) is 11.6 Å². The molecule has 180 valence electrons. The van der Waals surface area contributed by atoms with E-state index in [1.807, 2.05) is 25.1 Å². The summed E-state index contributed by atoms with van der Waals surface area (Å²) in [6.45, 7) is 21.1. The first-order chi connectivity index (χ1) is 17.2. The second-order valence-corrected chi connectivity index (χ2v) is 10.4. The Morgan fingerprint density at radius 2 is 1.56 bits per heavy atom. The molecule has 0 unspecified atom stereocenters. The molecule has 36 heavy (non-hydrogen) atoms. The van der Waals surface area contributed by atoms with Crippen LogP contribution in [-0.4, -0.2) is 0 Å². The summed E-state index contributed by atoms with van der Waals surface area (Å²) in [6.07, 6.45) is 1.04. The van der Waals surface area contributed by atoms with Gasteiger partial charge in [-0.05, 0) is 55.4 Å². The number of nitrogens with zero attached hydrogens (tertiary/aromatic N) is 2. The van der Waals surface area contributed by atoms with Gasteiger partial charge < -0.3 is 4.42 Å². The highest BCUT2D eigenvalue weighted by Gasteiger charge is 2.26. The zero-order valence-corrected chi connectivity index (χ0v) is 22.3. The molecule has 0 amide bonds. The van der Waals surface area contributed by atoms with Gasteiger partial charge in [-0.3, -0.25) is 0 Å². The minimum atomic E-state index is 0.579. The molecule has 0 spiro atoms. The number of aryl methyl sites for hydroxylation is 2. The highest BCUT2D eigenvalue weighted by molar-refractivity contribution is 6.15. The lowest BCUT2D eigenvalue weighted by molar-refractivity contribution is -0.667. The summed E-state index contributed by atoms with van der Waals surface area (Å²) < 4.78 is 9.08. The summed E-state index contributed by atoms with van der Waals surface area (Å²) in [7, 11) is 2.15. The van der Waals surface area contributed by atoms with Crippen LogP contribution in [0, 0.1) is 40.2 Å². The van der Waals surface area contributed by atoms with E-state index in [4.69, 9.17) is 11.0 Å². The summed E-state index contributed by atoms with van der Waals surface area (Å²) in [5.74, 6) is 0.579. The van der Waals surface area contributed by atoms with E-state index in [1.165, 1.54) is 28.1 Å². The molecule has 0 bridgehead atoms. The predicted molar refractivity (Wildman–Crippen MR) is 150 cm³/mol. The summed E-state index contributed by atoms with van der Waals surface area (Å²) in [5, 5.41) is 2.15. The van der Waals surface area contributed by atoms with Crippen LogP contribution in [0.15, 0.2) is 59.0 Å². The van der Waals surface area contributed by atoms with Crippen molar-refractivity contribution in [2.24, 2.45) is 13.0 Å². The van der Waals surface area contributed by atoms with Crippen LogP contribution in [0.1, 0.15) is 41.8 Å². The molecule has 2 aromatic heterocycles. The Balaban J connectivity index is 1.91. The number of hydrogen-bond acceptors (Lipinski definition) is 1. The lowest BCUT2D eigenvalue weighted by Gasteiger charge is -2.14. The molecule has 3 aromatic carbocycles. The Labute approximate surface area is 213 Å². The standard InChI is InChI=1S/C33H33N2O/c1-19(2)16-25-18-28(35(8)23(6)22(25)5)29-20(3)14-15-26-27-17-21(4)31(34-7)30(33(27)36-32(26)29)24-12-10-9-11-13-24/h9-15,17-19H,16H2,1-6,8H3/q+1. The maximum absolute atomic E-state index is 7.93. The van der Waals surface area contributed by atoms with Crippen molar-refractivity contribution in [2.45, 2.75) is 48.0 Å². The third-order valence-electron chi connectivity index (χ3n) is 7.56. The van der Waals surface area contributed by atoms with Crippen LogP contribution < -0.4 is 4.57 Å². The van der Waals surface area contributed by atoms with Crippen molar-refractivity contribution in [1.82, 2.24) is 0 Å². The average Bonchev–Trinajstić information content (AvgIpc) is 3.22. The number of pyridine rings is 1. The largest absolute Gasteiger partial charge is 0.456 e. The molecule has 5 aromatic rings. The molecule has 0 aliphatic rings. The molecule has 0 saturated heterocycles. The second kappa shape index (κ2) is 8.95. The molecule has 5 rings (SSSR count). The van der Waals surface area contributed by atoms with Gasteiger partial charge in [-0.15, -0.1) is 0 Å². The number of fused-ring (bicyclic) bond motifs is 3. The van der Waals surface area contributed by atoms with Crippen LogP contribution in [0.2, 0.25) is 0 Å². The Bertz CT molecular complexity index is 1680. The monoisotopic (exact) mass is 473 g/mol. The lowest BCUT2D eigenvalue weighted by atomic mass is 9.93. The maximum atomic E-state index is 7.93. The maximum Gasteiger partial charge on any atom is 0.216 e. The molecule has 2 heterocycles. The molecule has 0 atom stereocenters. The first-order valence-corrected chi connectivity index (χ1v) is 12.6. The van der Waals surface area contributed by atoms with Crippen molar-refractivity contribution in [3.8, 4) is 22.4 Å². The number of benzene rings is 3. The molecule has 0 aliphatic carbocycles. The van der Waals surface area contributed by atoms with E-state index in [-0.39, 0.29) is 0 Å². The van der Waals surface area contributed by atoms with E-state index >= 15 is 0 Å². The fourth-order valence-electron chi connectivity index (χ4n) is 5.46. The fourth-order valence-corrected chi connectivity index (χ4v) is 5.46. The van der Waals surface area contributed by atoms with Crippen molar-refractivity contribution < 1.29 is 8.98 Å². The van der Waals surface area contributed by atoms with Gasteiger partial charge in [0.1, 0.15) is 18.2 Å². The Morgan fingerprint density at radius 3 is 2.22 bits per heavy atom. The van der Waals surface area contributed by atoms with Gasteiger partial charge in [-0.2, -0.15) is 4.57 Å². The second-order valence-electron chi connectivity index (χ2n) is 10.4. The van der Waals surface area contributed by atoms with Crippen LogP contribution in [-0.2, 0) is 13.5 Å². The molecule has 0 fully saturated rings. The number of furan rings is 1. The quantitative estimate of drug-likeness (QED) is 0.189. The van der Waals surface area contributed by atoms with E-state index < -0.39 is 0 Å². The van der Waals surface area contributed by atoms with E-state index in [1.54, 1.807) is 0 Å². The van der Waals surface area contributed by atoms with Gasteiger partial charge in [0, 0.05) is 34.9 Å². The fraction of sp³-hybridized carbons (Fsp3) is 0.273. The molecule has 0 N–H and O–H groups in total. The van der Waals surface area contributed by atoms with Gasteiger partial charge in [-0.1, -0.05) is 62.4 Å². The molecular weight excluding hydrogens is 440 g/mol. The van der Waals surface area contributed by atoms with Crippen LogP contribution in [0.25, 0.3) is 49.2 Å². The Hall–Kier alpha value is -3.90. The molecule has 3 nitrogen and oxygen atoms in total. The van der Waals surface area contributed by atoms with Crippen molar-refractivity contribution >= 4 is 27.6 Å². The molecular formula is C33H33N2O+. The minimum absolute atomic E-state index is 0.579. The van der Waals surface area contributed by atoms with E-state index in [9.17, 15) is 0 Å². The summed E-state index contributed by atoms with van der Waals surface area (Å²) in [6, 6.07) is 19.0.